The van der Waals surface area contributed by atoms with Crippen LogP contribution in [0.25, 0.3) is 0 Å². The predicted octanol–water partition coefficient (Wildman–Crippen LogP) is 2.75. The second kappa shape index (κ2) is 6.97. The van der Waals surface area contributed by atoms with Gasteiger partial charge in [-0.3, -0.25) is 11.3 Å². The van der Waals surface area contributed by atoms with Gasteiger partial charge in [-0.15, -0.1) is 0 Å². The minimum atomic E-state index is -0.172. The standard InChI is InChI=1S/C14H21FN2S2/c1-9-7-12(15)4-3-11(9)8-13(17-16)14-10(2)18-5-6-19-14/h3-4,7,10,13-14,17H,5-6,8,16H2,1-2H3. The van der Waals surface area contributed by atoms with Crippen LogP contribution in [0.3, 0.4) is 0 Å². The molecule has 1 aliphatic heterocycles. The van der Waals surface area contributed by atoms with E-state index in [1.54, 1.807) is 6.07 Å². The van der Waals surface area contributed by atoms with E-state index in [2.05, 4.69) is 12.3 Å². The van der Waals surface area contributed by atoms with Crippen molar-refractivity contribution in [3.8, 4) is 0 Å². The van der Waals surface area contributed by atoms with Gasteiger partial charge in [0.05, 0.1) is 0 Å². The van der Waals surface area contributed by atoms with E-state index in [1.165, 1.54) is 23.1 Å². The van der Waals surface area contributed by atoms with Crippen LogP contribution in [0.1, 0.15) is 18.1 Å². The summed E-state index contributed by atoms with van der Waals surface area (Å²) in [5.41, 5.74) is 5.14. The van der Waals surface area contributed by atoms with E-state index >= 15 is 0 Å². The Kier molecular flexibility index (Phi) is 5.57. The van der Waals surface area contributed by atoms with Gasteiger partial charge in [-0.25, -0.2) is 4.39 Å². The second-order valence-electron chi connectivity index (χ2n) is 4.96. The molecule has 5 heteroatoms. The minimum Gasteiger partial charge on any atom is -0.271 e. The van der Waals surface area contributed by atoms with E-state index in [0.717, 1.165) is 12.0 Å². The highest BCUT2D eigenvalue weighted by molar-refractivity contribution is 8.07. The lowest BCUT2D eigenvalue weighted by atomic mass is 9.98. The molecule has 0 saturated carbocycles. The van der Waals surface area contributed by atoms with E-state index in [1.807, 2.05) is 36.5 Å². The van der Waals surface area contributed by atoms with Crippen LogP contribution in [-0.4, -0.2) is 28.0 Å². The number of aryl methyl sites for hydroxylation is 1. The number of hydrogen-bond donors (Lipinski definition) is 2. The molecule has 0 aromatic heterocycles. The zero-order valence-electron chi connectivity index (χ0n) is 11.4. The molecule has 0 radical (unpaired) electrons. The van der Waals surface area contributed by atoms with E-state index in [-0.39, 0.29) is 11.9 Å². The summed E-state index contributed by atoms with van der Waals surface area (Å²) in [6.45, 7) is 4.22. The van der Waals surface area contributed by atoms with E-state index in [0.29, 0.717) is 10.5 Å². The SMILES string of the molecule is Cc1cc(F)ccc1CC(NN)C1SCCSC1C. The van der Waals surface area contributed by atoms with Crippen molar-refractivity contribution in [3.63, 3.8) is 0 Å². The maximum atomic E-state index is 13.1. The van der Waals surface area contributed by atoms with Gasteiger partial charge in [-0.1, -0.05) is 13.0 Å². The Balaban J connectivity index is 2.09. The first-order valence-electron chi connectivity index (χ1n) is 6.56. The van der Waals surface area contributed by atoms with E-state index in [9.17, 15) is 4.39 Å². The van der Waals surface area contributed by atoms with Gasteiger partial charge in [-0.05, 0) is 36.6 Å². The molecule has 3 atom stereocenters. The molecule has 1 fully saturated rings. The molecular weight excluding hydrogens is 279 g/mol. The maximum absolute atomic E-state index is 13.1. The van der Waals surface area contributed by atoms with Gasteiger partial charge in [0.2, 0.25) is 0 Å². The van der Waals surface area contributed by atoms with Gasteiger partial charge < -0.3 is 0 Å². The number of halogens is 1. The quantitative estimate of drug-likeness (QED) is 0.662. The van der Waals surface area contributed by atoms with Crippen LogP contribution >= 0.6 is 23.5 Å². The fraction of sp³-hybridized carbons (Fsp3) is 0.571. The van der Waals surface area contributed by atoms with Gasteiger partial charge >= 0.3 is 0 Å². The smallest absolute Gasteiger partial charge is 0.123 e. The fourth-order valence-corrected chi connectivity index (χ4v) is 5.43. The highest BCUT2D eigenvalue weighted by Crippen LogP contribution is 2.34. The molecule has 1 heterocycles. The highest BCUT2D eigenvalue weighted by atomic mass is 32.2. The molecule has 0 bridgehead atoms. The van der Waals surface area contributed by atoms with Crippen LogP contribution in [0.5, 0.6) is 0 Å². The van der Waals surface area contributed by atoms with Crippen molar-refractivity contribution in [1.29, 1.82) is 0 Å². The van der Waals surface area contributed by atoms with Gasteiger partial charge in [0.1, 0.15) is 5.82 Å². The largest absolute Gasteiger partial charge is 0.271 e. The summed E-state index contributed by atoms with van der Waals surface area (Å²) in [5, 5.41) is 1.11. The highest BCUT2D eigenvalue weighted by Gasteiger charge is 2.30. The Morgan fingerprint density at radius 3 is 2.79 bits per heavy atom. The van der Waals surface area contributed by atoms with E-state index < -0.39 is 0 Å². The summed E-state index contributed by atoms with van der Waals surface area (Å²) in [7, 11) is 0. The zero-order chi connectivity index (χ0) is 13.8. The van der Waals surface area contributed by atoms with Crippen molar-refractivity contribution in [2.24, 2.45) is 5.84 Å². The summed E-state index contributed by atoms with van der Waals surface area (Å²) in [6.07, 6.45) is 0.852. The lowest BCUT2D eigenvalue weighted by molar-refractivity contribution is 0.500. The molecule has 1 aliphatic rings. The lowest BCUT2D eigenvalue weighted by Crippen LogP contribution is -2.48. The minimum absolute atomic E-state index is 0.172. The van der Waals surface area contributed by atoms with Crippen molar-refractivity contribution < 1.29 is 4.39 Å². The molecular formula is C14H21FN2S2. The number of benzene rings is 1. The van der Waals surface area contributed by atoms with Gasteiger partial charge in [0.25, 0.3) is 0 Å². The number of rotatable bonds is 4. The summed E-state index contributed by atoms with van der Waals surface area (Å²) < 4.78 is 13.1. The van der Waals surface area contributed by atoms with Gasteiger partial charge in [-0.2, -0.15) is 23.5 Å². The van der Waals surface area contributed by atoms with Crippen LogP contribution in [0.4, 0.5) is 4.39 Å². The molecule has 1 saturated heterocycles. The molecule has 2 nitrogen and oxygen atoms in total. The molecule has 2 rings (SSSR count). The molecule has 0 spiro atoms. The van der Waals surface area contributed by atoms with Crippen molar-refractivity contribution in [2.45, 2.75) is 36.8 Å². The zero-order valence-corrected chi connectivity index (χ0v) is 13.0. The van der Waals surface area contributed by atoms with Gasteiger partial charge in [0.15, 0.2) is 0 Å². The summed E-state index contributed by atoms with van der Waals surface area (Å²) in [6, 6.07) is 5.23. The Morgan fingerprint density at radius 2 is 2.16 bits per heavy atom. The molecule has 0 aliphatic carbocycles. The fourth-order valence-electron chi connectivity index (χ4n) is 2.49. The Morgan fingerprint density at radius 1 is 1.42 bits per heavy atom. The maximum Gasteiger partial charge on any atom is 0.123 e. The van der Waals surface area contributed by atoms with Crippen LogP contribution in [0.15, 0.2) is 18.2 Å². The first kappa shape index (κ1) is 15.2. The second-order valence-corrected chi connectivity index (χ2v) is 7.73. The number of hydrazine groups is 1. The molecule has 1 aromatic carbocycles. The van der Waals surface area contributed by atoms with Crippen LogP contribution in [-0.2, 0) is 6.42 Å². The summed E-state index contributed by atoms with van der Waals surface area (Å²) in [5.74, 6) is 7.97. The first-order valence-corrected chi connectivity index (χ1v) is 8.66. The third-order valence-electron chi connectivity index (χ3n) is 3.59. The normalized spacial score (nSPS) is 25.3. The Hall–Kier alpha value is -0.230. The van der Waals surface area contributed by atoms with Crippen molar-refractivity contribution in [2.75, 3.05) is 11.5 Å². The molecule has 0 amide bonds. The topological polar surface area (TPSA) is 38.0 Å². The third-order valence-corrected chi connectivity index (χ3v) is 6.84. The monoisotopic (exact) mass is 300 g/mol. The molecule has 19 heavy (non-hydrogen) atoms. The predicted molar refractivity (Wildman–Crippen MR) is 84.1 cm³/mol. The molecule has 3 N–H and O–H groups in total. The summed E-state index contributed by atoms with van der Waals surface area (Å²) in [4.78, 5) is 0. The third kappa shape index (κ3) is 3.88. The molecule has 106 valence electrons. The number of nitrogens with one attached hydrogen (secondary N) is 1. The van der Waals surface area contributed by atoms with Crippen LogP contribution < -0.4 is 11.3 Å². The molecule has 1 aromatic rings. The number of nitrogens with two attached hydrogens (primary N) is 1. The number of hydrogen-bond acceptors (Lipinski definition) is 4. The average molecular weight is 300 g/mol. The Bertz CT molecular complexity index is 428. The van der Waals surface area contributed by atoms with E-state index in [4.69, 9.17) is 5.84 Å². The number of thioether (sulfide) groups is 2. The van der Waals surface area contributed by atoms with Crippen LogP contribution in [0, 0.1) is 12.7 Å². The van der Waals surface area contributed by atoms with Crippen molar-refractivity contribution in [3.05, 3.63) is 35.1 Å². The van der Waals surface area contributed by atoms with Gasteiger partial charge in [0, 0.05) is 28.0 Å². The first-order chi connectivity index (χ1) is 9.11. The average Bonchev–Trinajstić information content (AvgIpc) is 2.39. The molecule has 3 unspecified atom stereocenters. The Labute approximate surface area is 123 Å². The van der Waals surface area contributed by atoms with Crippen molar-refractivity contribution >= 4 is 23.5 Å². The lowest BCUT2D eigenvalue weighted by Gasteiger charge is -2.34. The van der Waals surface area contributed by atoms with Crippen molar-refractivity contribution in [1.82, 2.24) is 5.43 Å². The van der Waals surface area contributed by atoms with Crippen LogP contribution in [0.2, 0.25) is 0 Å². The summed E-state index contributed by atoms with van der Waals surface area (Å²) >= 11 is 4.01.